The molecular weight excluding hydrogens is 277 g/mol. The lowest BCUT2D eigenvalue weighted by Crippen LogP contribution is -2.44. The predicted molar refractivity (Wildman–Crippen MR) is 75.5 cm³/mol. The number of nitrogens with one attached hydrogen (secondary N) is 1. The van der Waals surface area contributed by atoms with Crippen molar-refractivity contribution in [3.05, 3.63) is 29.6 Å². The van der Waals surface area contributed by atoms with Gasteiger partial charge in [-0.15, -0.1) is 0 Å². The van der Waals surface area contributed by atoms with E-state index in [1.54, 1.807) is 11.0 Å². The Bertz CT molecular complexity index is 542. The maximum Gasteiger partial charge on any atom is 0.340 e. The fourth-order valence-corrected chi connectivity index (χ4v) is 2.36. The molecule has 0 bridgehead atoms. The molecule has 0 aliphatic carbocycles. The molecule has 1 aliphatic rings. The average molecular weight is 295 g/mol. The van der Waals surface area contributed by atoms with E-state index in [1.165, 1.54) is 19.2 Å². The molecule has 0 unspecified atom stereocenters. The Kier molecular flexibility index (Phi) is 4.62. The van der Waals surface area contributed by atoms with Gasteiger partial charge in [-0.05, 0) is 31.0 Å². The van der Waals surface area contributed by atoms with Gasteiger partial charge in [0.1, 0.15) is 5.82 Å². The topological polar surface area (TPSA) is 84.7 Å². The number of carbonyl (C=O) groups is 2. The maximum absolute atomic E-state index is 13.5. The number of amides is 2. The van der Waals surface area contributed by atoms with Crippen LogP contribution in [0.25, 0.3) is 0 Å². The van der Waals surface area contributed by atoms with Crippen LogP contribution in [0.2, 0.25) is 0 Å². The summed E-state index contributed by atoms with van der Waals surface area (Å²) in [7, 11) is 1.21. The number of piperidine rings is 1. The first-order valence-corrected chi connectivity index (χ1v) is 6.70. The second-order valence-electron chi connectivity index (χ2n) is 4.93. The summed E-state index contributed by atoms with van der Waals surface area (Å²) in [6, 6.07) is 3.97. The quantitative estimate of drug-likeness (QED) is 0.829. The number of anilines is 1. The largest absolute Gasteiger partial charge is 0.465 e. The molecule has 1 saturated heterocycles. The van der Waals surface area contributed by atoms with Crippen LogP contribution in [0.15, 0.2) is 18.2 Å². The van der Waals surface area contributed by atoms with E-state index in [9.17, 15) is 14.0 Å². The number of benzene rings is 1. The predicted octanol–water partition coefficient (Wildman–Crippen LogP) is 1.57. The van der Waals surface area contributed by atoms with Crippen molar-refractivity contribution in [2.24, 2.45) is 5.73 Å². The zero-order chi connectivity index (χ0) is 15.4. The highest BCUT2D eigenvalue weighted by molar-refractivity contribution is 5.90. The first kappa shape index (κ1) is 15.1. The molecule has 0 radical (unpaired) electrons. The molecule has 0 saturated carbocycles. The van der Waals surface area contributed by atoms with Crippen molar-refractivity contribution in [1.29, 1.82) is 0 Å². The number of nitrogens with zero attached hydrogens (tertiary/aromatic N) is 1. The molecule has 7 heteroatoms. The molecule has 21 heavy (non-hydrogen) atoms. The lowest BCUT2D eigenvalue weighted by Gasteiger charge is -2.31. The minimum absolute atomic E-state index is 0.0999. The summed E-state index contributed by atoms with van der Waals surface area (Å²) in [6.45, 7) is 1.16. The van der Waals surface area contributed by atoms with Crippen LogP contribution in [0.5, 0.6) is 0 Å². The Morgan fingerprint density at radius 3 is 2.62 bits per heavy atom. The smallest absolute Gasteiger partial charge is 0.340 e. The van der Waals surface area contributed by atoms with Crippen molar-refractivity contribution in [3.8, 4) is 0 Å². The van der Waals surface area contributed by atoms with Crippen molar-refractivity contribution in [2.75, 3.05) is 25.5 Å². The molecule has 1 aliphatic heterocycles. The molecule has 114 valence electrons. The number of ether oxygens (including phenoxy) is 1. The van der Waals surface area contributed by atoms with Gasteiger partial charge >= 0.3 is 12.0 Å². The van der Waals surface area contributed by atoms with Gasteiger partial charge in [0.25, 0.3) is 0 Å². The third-order valence-corrected chi connectivity index (χ3v) is 3.55. The lowest BCUT2D eigenvalue weighted by molar-refractivity contribution is 0.0595. The van der Waals surface area contributed by atoms with Crippen molar-refractivity contribution >= 4 is 17.7 Å². The van der Waals surface area contributed by atoms with Crippen molar-refractivity contribution in [2.45, 2.75) is 18.9 Å². The van der Waals surface area contributed by atoms with Crippen LogP contribution in [0.3, 0.4) is 0 Å². The van der Waals surface area contributed by atoms with Crippen LogP contribution >= 0.6 is 0 Å². The summed E-state index contributed by atoms with van der Waals surface area (Å²) in [5, 5.41) is 3.23. The summed E-state index contributed by atoms with van der Waals surface area (Å²) >= 11 is 0. The molecule has 0 aromatic heterocycles. The van der Waals surface area contributed by atoms with E-state index >= 15 is 0 Å². The number of carbonyl (C=O) groups excluding carboxylic acids is 2. The molecule has 6 nitrogen and oxygen atoms in total. The number of methoxy groups -OCH3 is 1. The van der Waals surface area contributed by atoms with Gasteiger partial charge in [-0.2, -0.15) is 0 Å². The number of esters is 1. The first-order valence-electron chi connectivity index (χ1n) is 6.70. The third-order valence-electron chi connectivity index (χ3n) is 3.55. The van der Waals surface area contributed by atoms with Crippen LogP contribution < -0.4 is 11.1 Å². The first-order chi connectivity index (χ1) is 10.0. The van der Waals surface area contributed by atoms with Crippen LogP contribution in [0.4, 0.5) is 14.9 Å². The fraction of sp³-hybridized carbons (Fsp3) is 0.429. The van der Waals surface area contributed by atoms with Gasteiger partial charge in [0.15, 0.2) is 0 Å². The Balaban J connectivity index is 2.01. The molecule has 0 spiro atoms. The number of urea groups is 1. The highest BCUT2D eigenvalue weighted by atomic mass is 19.1. The molecular formula is C14H18FN3O3. The molecule has 0 atom stereocenters. The van der Waals surface area contributed by atoms with Gasteiger partial charge in [0.05, 0.1) is 12.7 Å². The summed E-state index contributed by atoms with van der Waals surface area (Å²) in [4.78, 5) is 24.1. The van der Waals surface area contributed by atoms with Crippen LogP contribution in [0.1, 0.15) is 23.2 Å². The summed E-state index contributed by atoms with van der Waals surface area (Å²) in [5.41, 5.74) is 5.77. The normalized spacial score (nSPS) is 15.6. The number of rotatable bonds is 3. The molecule has 1 heterocycles. The highest BCUT2D eigenvalue weighted by Gasteiger charge is 2.21. The van der Waals surface area contributed by atoms with E-state index in [0.29, 0.717) is 18.8 Å². The molecule has 3 N–H and O–H groups in total. The van der Waals surface area contributed by atoms with Crippen LogP contribution in [0, 0.1) is 5.82 Å². The Morgan fingerprint density at radius 2 is 2.05 bits per heavy atom. The molecule has 2 rings (SSSR count). The SMILES string of the molecule is COC(=O)c1cc(NC2CCN(C(N)=O)CC2)ccc1F. The molecule has 1 aromatic rings. The van der Waals surface area contributed by atoms with Gasteiger partial charge in [0.2, 0.25) is 0 Å². The number of primary amides is 1. The fourth-order valence-electron chi connectivity index (χ4n) is 2.36. The lowest BCUT2D eigenvalue weighted by atomic mass is 10.0. The third kappa shape index (κ3) is 3.62. The van der Waals surface area contributed by atoms with E-state index in [2.05, 4.69) is 10.1 Å². The number of likely N-dealkylation sites (tertiary alicyclic amines) is 1. The van der Waals surface area contributed by atoms with E-state index in [4.69, 9.17) is 5.73 Å². The standard InChI is InChI=1S/C14H18FN3O3/c1-21-13(19)11-8-10(2-3-12(11)15)17-9-4-6-18(7-5-9)14(16)20/h2-3,8-9,17H,4-7H2,1H3,(H2,16,20). The molecule has 1 aromatic carbocycles. The van der Waals surface area contributed by atoms with Crippen molar-refractivity contribution < 1.29 is 18.7 Å². The Labute approximate surface area is 122 Å². The maximum atomic E-state index is 13.5. The summed E-state index contributed by atoms with van der Waals surface area (Å²) in [6.07, 6.45) is 1.49. The van der Waals surface area contributed by atoms with E-state index in [-0.39, 0.29) is 11.6 Å². The molecule has 1 fully saturated rings. The Hall–Kier alpha value is -2.31. The minimum Gasteiger partial charge on any atom is -0.465 e. The zero-order valence-electron chi connectivity index (χ0n) is 11.8. The van der Waals surface area contributed by atoms with Gasteiger partial charge in [-0.1, -0.05) is 0 Å². The summed E-state index contributed by atoms with van der Waals surface area (Å²) in [5.74, 6) is -1.32. The number of hydrogen-bond acceptors (Lipinski definition) is 4. The van der Waals surface area contributed by atoms with Crippen LogP contribution in [-0.4, -0.2) is 43.1 Å². The van der Waals surface area contributed by atoms with Gasteiger partial charge in [0, 0.05) is 24.8 Å². The monoisotopic (exact) mass is 295 g/mol. The van der Waals surface area contributed by atoms with E-state index < -0.39 is 17.8 Å². The molecule has 2 amide bonds. The summed E-state index contributed by atoms with van der Waals surface area (Å²) < 4.78 is 18.1. The average Bonchev–Trinajstić information content (AvgIpc) is 2.49. The minimum atomic E-state index is -0.709. The van der Waals surface area contributed by atoms with Crippen LogP contribution in [-0.2, 0) is 4.74 Å². The van der Waals surface area contributed by atoms with Gasteiger partial charge in [-0.25, -0.2) is 14.0 Å². The van der Waals surface area contributed by atoms with E-state index in [1.807, 2.05) is 0 Å². The highest BCUT2D eigenvalue weighted by Crippen LogP contribution is 2.20. The van der Waals surface area contributed by atoms with Crippen molar-refractivity contribution in [1.82, 2.24) is 4.90 Å². The van der Waals surface area contributed by atoms with Crippen molar-refractivity contribution in [3.63, 3.8) is 0 Å². The van der Waals surface area contributed by atoms with Gasteiger partial charge < -0.3 is 20.7 Å². The Morgan fingerprint density at radius 1 is 1.38 bits per heavy atom. The van der Waals surface area contributed by atoms with E-state index in [0.717, 1.165) is 12.8 Å². The second-order valence-corrected chi connectivity index (χ2v) is 4.93. The number of hydrogen-bond donors (Lipinski definition) is 2. The zero-order valence-corrected chi connectivity index (χ0v) is 11.8. The number of halogens is 1. The van der Waals surface area contributed by atoms with Gasteiger partial charge in [-0.3, -0.25) is 0 Å². The number of nitrogens with two attached hydrogens (primary N) is 1. The second kappa shape index (κ2) is 6.43.